The van der Waals surface area contributed by atoms with Crippen molar-refractivity contribution in [3.8, 4) is 17.3 Å². The molecule has 2 heterocycles. The van der Waals surface area contributed by atoms with E-state index in [0.29, 0.717) is 37.0 Å². The minimum Gasteiger partial charge on any atom is -0.384 e. The molecule has 140 valence electrons. The highest BCUT2D eigenvalue weighted by Gasteiger charge is 2.25. The number of amides is 1. The molecule has 1 aliphatic heterocycles. The molecule has 2 N–H and O–H groups in total. The van der Waals surface area contributed by atoms with Crippen LogP contribution in [-0.2, 0) is 9.53 Å². The molecule has 7 nitrogen and oxygen atoms in total. The van der Waals surface area contributed by atoms with Gasteiger partial charge < -0.3 is 15.4 Å². The van der Waals surface area contributed by atoms with Gasteiger partial charge in [-0.2, -0.15) is 5.26 Å². The molecule has 1 aromatic carbocycles. The third-order valence-electron chi connectivity index (χ3n) is 3.82. The van der Waals surface area contributed by atoms with Crippen LogP contribution in [0.15, 0.2) is 49.3 Å². The minimum atomic E-state index is -0.122. The number of carbonyl (C=O) groups is 1. The van der Waals surface area contributed by atoms with Crippen molar-refractivity contribution in [3.05, 3.63) is 54.3 Å². The zero-order chi connectivity index (χ0) is 19.6. The van der Waals surface area contributed by atoms with Crippen LogP contribution in [0, 0.1) is 11.3 Å². The average molecular weight is 386 g/mol. The summed E-state index contributed by atoms with van der Waals surface area (Å²) in [6, 6.07) is 11.1. The second kappa shape index (κ2) is 10.3. The Kier molecular flexibility index (Phi) is 7.74. The van der Waals surface area contributed by atoms with E-state index in [1.165, 1.54) is 12.4 Å². The number of nitrogen functional groups attached to an aromatic ring is 1. The van der Waals surface area contributed by atoms with Gasteiger partial charge in [0.2, 0.25) is 5.91 Å². The Morgan fingerprint density at radius 1 is 1.48 bits per heavy atom. The summed E-state index contributed by atoms with van der Waals surface area (Å²) in [6.07, 6.45) is 3.03. The Hall–Kier alpha value is -2.95. The van der Waals surface area contributed by atoms with Crippen LogP contribution in [0.2, 0.25) is 5.02 Å². The first-order chi connectivity index (χ1) is 13.0. The smallest absolute Gasteiger partial charge is 0.246 e. The predicted octanol–water partition coefficient (Wildman–Crippen LogP) is 2.69. The summed E-state index contributed by atoms with van der Waals surface area (Å²) in [5.41, 5.74) is 7.26. The molecule has 1 aromatic heterocycles. The van der Waals surface area contributed by atoms with Gasteiger partial charge >= 0.3 is 0 Å². The van der Waals surface area contributed by atoms with Crippen molar-refractivity contribution >= 4 is 23.3 Å². The topological polar surface area (TPSA) is 105 Å². The summed E-state index contributed by atoms with van der Waals surface area (Å²) < 4.78 is 5.18. The number of carbonyl (C=O) groups excluding carboxylic acids is 1. The molecule has 0 spiro atoms. The zero-order valence-electron chi connectivity index (χ0n) is 14.7. The van der Waals surface area contributed by atoms with Crippen molar-refractivity contribution in [2.45, 2.75) is 12.5 Å². The number of anilines is 1. The van der Waals surface area contributed by atoms with Crippen LogP contribution < -0.4 is 5.73 Å². The number of hydrogen-bond donors (Lipinski definition) is 1. The van der Waals surface area contributed by atoms with E-state index < -0.39 is 0 Å². The number of nitrogens with two attached hydrogens (primary N) is 1. The fourth-order valence-electron chi connectivity index (χ4n) is 2.51. The summed E-state index contributed by atoms with van der Waals surface area (Å²) in [7, 11) is 0. The molecule has 0 saturated carbocycles. The lowest BCUT2D eigenvalue weighted by molar-refractivity contribution is -0.134. The largest absolute Gasteiger partial charge is 0.384 e. The standard InChI is InChI=1S/C10H8ClN3.C9H12N2O2/c11-8-3-1-2-7(4-8)9-5-10(12)14-6-13-9;1-2-9(12)11-5-6-13-7-8(11)3-4-10/h1-6H,(H2,12,13,14);2,8H,1,3,5-7H2. The molecular weight excluding hydrogens is 366 g/mol. The molecule has 3 rings (SSSR count). The number of morpholine rings is 1. The number of aromatic nitrogens is 2. The Labute approximate surface area is 163 Å². The van der Waals surface area contributed by atoms with Gasteiger partial charge in [0.1, 0.15) is 12.1 Å². The molecule has 1 fully saturated rings. The summed E-state index contributed by atoms with van der Waals surface area (Å²) in [5, 5.41) is 9.20. The van der Waals surface area contributed by atoms with Crippen LogP contribution in [0.25, 0.3) is 11.3 Å². The fourth-order valence-corrected chi connectivity index (χ4v) is 2.71. The summed E-state index contributed by atoms with van der Waals surface area (Å²) in [4.78, 5) is 20.9. The van der Waals surface area contributed by atoms with Gasteiger partial charge in [-0.05, 0) is 18.2 Å². The molecule has 1 unspecified atom stereocenters. The van der Waals surface area contributed by atoms with Gasteiger partial charge in [0.15, 0.2) is 0 Å². The monoisotopic (exact) mass is 385 g/mol. The van der Waals surface area contributed by atoms with Gasteiger partial charge in [-0.15, -0.1) is 0 Å². The van der Waals surface area contributed by atoms with Crippen molar-refractivity contribution in [2.75, 3.05) is 25.5 Å². The van der Waals surface area contributed by atoms with Crippen LogP contribution in [0.1, 0.15) is 6.42 Å². The molecule has 1 atom stereocenters. The quantitative estimate of drug-likeness (QED) is 0.814. The normalized spacial score (nSPS) is 15.9. The molecule has 1 saturated heterocycles. The van der Waals surface area contributed by atoms with Gasteiger partial charge in [0.05, 0.1) is 37.4 Å². The van der Waals surface area contributed by atoms with E-state index in [4.69, 9.17) is 27.3 Å². The van der Waals surface area contributed by atoms with Crippen LogP contribution in [0.5, 0.6) is 0 Å². The number of nitriles is 1. The average Bonchev–Trinajstić information content (AvgIpc) is 2.69. The summed E-state index contributed by atoms with van der Waals surface area (Å²) in [5.74, 6) is 0.332. The third kappa shape index (κ3) is 6.06. The lowest BCUT2D eigenvalue weighted by Crippen LogP contribution is -2.47. The molecule has 27 heavy (non-hydrogen) atoms. The van der Waals surface area contributed by atoms with E-state index in [1.54, 1.807) is 11.0 Å². The zero-order valence-corrected chi connectivity index (χ0v) is 15.5. The van der Waals surface area contributed by atoms with Crippen molar-refractivity contribution in [1.82, 2.24) is 14.9 Å². The number of hydrogen-bond acceptors (Lipinski definition) is 6. The molecule has 1 aliphatic rings. The van der Waals surface area contributed by atoms with Gasteiger partial charge in [-0.3, -0.25) is 4.79 Å². The van der Waals surface area contributed by atoms with Crippen LogP contribution in [-0.4, -0.2) is 46.6 Å². The van der Waals surface area contributed by atoms with E-state index in [0.717, 1.165) is 11.3 Å². The first kappa shape index (κ1) is 20.4. The molecule has 0 bridgehead atoms. The van der Waals surface area contributed by atoms with Crippen LogP contribution in [0.4, 0.5) is 5.82 Å². The Bertz CT molecular complexity index is 793. The highest BCUT2D eigenvalue weighted by molar-refractivity contribution is 6.30. The fraction of sp³-hybridized carbons (Fsp3) is 0.263. The van der Waals surface area contributed by atoms with Gasteiger partial charge in [-0.25, -0.2) is 9.97 Å². The van der Waals surface area contributed by atoms with Crippen LogP contribution in [0.3, 0.4) is 0 Å². The molecule has 8 heteroatoms. The molecular formula is C19H20ClN5O2. The number of halogens is 1. The van der Waals surface area contributed by atoms with Gasteiger partial charge in [0.25, 0.3) is 0 Å². The maximum absolute atomic E-state index is 11.3. The Balaban J connectivity index is 0.000000194. The molecule has 0 aliphatic carbocycles. The predicted molar refractivity (Wildman–Crippen MR) is 104 cm³/mol. The summed E-state index contributed by atoms with van der Waals surface area (Å²) in [6.45, 7) is 4.96. The third-order valence-corrected chi connectivity index (χ3v) is 4.06. The SMILES string of the molecule is C=CC(=O)N1CCOCC1CC#N.Nc1cc(-c2cccc(Cl)c2)ncn1. The second-order valence-corrected chi connectivity index (χ2v) is 6.10. The lowest BCUT2D eigenvalue weighted by Gasteiger charge is -2.33. The van der Waals surface area contributed by atoms with Gasteiger partial charge in [-0.1, -0.05) is 30.3 Å². The highest BCUT2D eigenvalue weighted by Crippen LogP contribution is 2.21. The van der Waals surface area contributed by atoms with E-state index in [2.05, 4.69) is 16.5 Å². The number of rotatable bonds is 3. The lowest BCUT2D eigenvalue weighted by atomic mass is 10.1. The van der Waals surface area contributed by atoms with Crippen LogP contribution >= 0.6 is 11.6 Å². The number of benzene rings is 1. The van der Waals surface area contributed by atoms with Crippen molar-refractivity contribution in [1.29, 1.82) is 5.26 Å². The maximum atomic E-state index is 11.3. The van der Waals surface area contributed by atoms with Crippen molar-refractivity contribution in [2.24, 2.45) is 0 Å². The van der Waals surface area contributed by atoms with Gasteiger partial charge in [0, 0.05) is 23.2 Å². The van der Waals surface area contributed by atoms with Crippen molar-refractivity contribution in [3.63, 3.8) is 0 Å². The maximum Gasteiger partial charge on any atom is 0.246 e. The van der Waals surface area contributed by atoms with E-state index >= 15 is 0 Å². The first-order valence-electron chi connectivity index (χ1n) is 8.26. The Morgan fingerprint density at radius 2 is 2.30 bits per heavy atom. The van der Waals surface area contributed by atoms with E-state index in [-0.39, 0.29) is 11.9 Å². The summed E-state index contributed by atoms with van der Waals surface area (Å²) >= 11 is 5.86. The number of nitrogens with zero attached hydrogens (tertiary/aromatic N) is 4. The van der Waals surface area contributed by atoms with E-state index in [1.807, 2.05) is 30.3 Å². The molecule has 1 amide bonds. The molecule has 0 radical (unpaired) electrons. The molecule has 2 aromatic rings. The highest BCUT2D eigenvalue weighted by atomic mass is 35.5. The number of ether oxygens (including phenoxy) is 1. The second-order valence-electron chi connectivity index (χ2n) is 5.67. The minimum absolute atomic E-state index is 0.107. The van der Waals surface area contributed by atoms with Crippen molar-refractivity contribution < 1.29 is 9.53 Å². The van der Waals surface area contributed by atoms with E-state index in [9.17, 15) is 4.79 Å². The Morgan fingerprint density at radius 3 is 2.96 bits per heavy atom. The first-order valence-corrected chi connectivity index (χ1v) is 8.64.